The zero-order chi connectivity index (χ0) is 22.0. The highest BCUT2D eigenvalue weighted by Gasteiger charge is 2.40. The van der Waals surface area contributed by atoms with Crippen molar-refractivity contribution in [2.75, 3.05) is 17.5 Å². The average Bonchev–Trinajstić information content (AvgIpc) is 3.00. The number of amides is 1. The molecular weight excluding hydrogens is 412 g/mol. The van der Waals surface area contributed by atoms with E-state index in [0.717, 1.165) is 29.5 Å². The van der Waals surface area contributed by atoms with E-state index in [1.807, 2.05) is 49.4 Å². The zero-order valence-corrected chi connectivity index (χ0v) is 18.5. The van der Waals surface area contributed by atoms with E-state index in [1.165, 1.54) is 4.31 Å². The first-order chi connectivity index (χ1) is 14.9. The van der Waals surface area contributed by atoms with Gasteiger partial charge in [-0.2, -0.15) is 0 Å². The molecule has 3 aromatic rings. The van der Waals surface area contributed by atoms with E-state index < -0.39 is 16.1 Å². The van der Waals surface area contributed by atoms with Crippen LogP contribution in [-0.4, -0.2) is 33.5 Å². The molecule has 0 radical (unpaired) electrons. The van der Waals surface area contributed by atoms with Gasteiger partial charge in [0.25, 0.3) is 10.0 Å². The first-order valence-electron chi connectivity index (χ1n) is 10.5. The molecule has 0 aliphatic carbocycles. The van der Waals surface area contributed by atoms with E-state index in [2.05, 4.69) is 5.32 Å². The Morgan fingerprint density at radius 3 is 2.58 bits per heavy atom. The van der Waals surface area contributed by atoms with Gasteiger partial charge in [0, 0.05) is 11.9 Å². The lowest BCUT2D eigenvalue weighted by molar-refractivity contribution is -0.121. The molecule has 1 heterocycles. The molecule has 0 unspecified atom stereocenters. The predicted octanol–water partition coefficient (Wildman–Crippen LogP) is 3.88. The number of hydrogen-bond donors (Lipinski definition) is 1. The van der Waals surface area contributed by atoms with Crippen molar-refractivity contribution in [1.29, 1.82) is 0 Å². The van der Waals surface area contributed by atoms with Crippen molar-refractivity contribution in [1.82, 2.24) is 5.32 Å². The number of rotatable bonds is 8. The molecule has 0 aromatic heterocycles. The van der Waals surface area contributed by atoms with Gasteiger partial charge in [0.2, 0.25) is 5.91 Å². The van der Waals surface area contributed by atoms with Crippen molar-refractivity contribution >= 4 is 32.4 Å². The topological polar surface area (TPSA) is 75.7 Å². The third kappa shape index (κ3) is 3.85. The second-order valence-electron chi connectivity index (χ2n) is 7.54. The van der Waals surface area contributed by atoms with Crippen molar-refractivity contribution in [3.05, 3.63) is 66.2 Å². The summed E-state index contributed by atoms with van der Waals surface area (Å²) in [5, 5.41) is 4.42. The third-order valence-electron chi connectivity index (χ3n) is 5.54. The van der Waals surface area contributed by atoms with Crippen LogP contribution in [0.3, 0.4) is 0 Å². The fraction of sp³-hybridized carbons (Fsp3) is 0.292. The Morgan fingerprint density at radius 1 is 1.06 bits per heavy atom. The summed E-state index contributed by atoms with van der Waals surface area (Å²) < 4.78 is 33.2. The second kappa shape index (κ2) is 8.59. The Hall–Kier alpha value is -3.06. The first-order valence-corrected chi connectivity index (χ1v) is 11.9. The first kappa shape index (κ1) is 21.2. The minimum absolute atomic E-state index is 0.257. The maximum absolute atomic E-state index is 13.2. The van der Waals surface area contributed by atoms with Gasteiger partial charge in [-0.1, -0.05) is 42.5 Å². The number of benzene rings is 3. The SMILES string of the molecule is CCOc1ccccc1CCCNC(=O)[C@H](C)N1c2cccc3cccc(c23)S1(=O)=O. The van der Waals surface area contributed by atoms with Crippen molar-refractivity contribution in [3.63, 3.8) is 0 Å². The summed E-state index contributed by atoms with van der Waals surface area (Å²) >= 11 is 0. The number of carbonyl (C=O) groups excluding carboxylic acids is 1. The molecule has 1 N–H and O–H groups in total. The van der Waals surface area contributed by atoms with Crippen LogP contribution in [-0.2, 0) is 21.2 Å². The van der Waals surface area contributed by atoms with Crippen LogP contribution in [0.4, 0.5) is 5.69 Å². The lowest BCUT2D eigenvalue weighted by Crippen LogP contribution is -2.47. The highest BCUT2D eigenvalue weighted by molar-refractivity contribution is 7.93. The summed E-state index contributed by atoms with van der Waals surface area (Å²) in [5.74, 6) is 0.546. The standard InChI is InChI=1S/C24H26N2O4S/c1-3-30-21-14-5-4-9-18(21)12-8-16-25-24(27)17(2)26-20-13-6-10-19-11-7-15-22(23(19)20)31(26,28)29/h4-7,9-11,13-15,17H,3,8,12,16H2,1-2H3,(H,25,27)/t17-/m0/s1. The highest BCUT2D eigenvalue weighted by Crippen LogP contribution is 2.43. The summed E-state index contributed by atoms with van der Waals surface area (Å²) in [6.45, 7) is 4.63. The fourth-order valence-electron chi connectivity index (χ4n) is 4.09. The second-order valence-corrected chi connectivity index (χ2v) is 9.33. The molecule has 3 aromatic carbocycles. The van der Waals surface area contributed by atoms with Gasteiger partial charge in [0.15, 0.2) is 0 Å². The van der Waals surface area contributed by atoms with Crippen LogP contribution in [0.5, 0.6) is 5.75 Å². The molecular formula is C24H26N2O4S. The Balaban J connectivity index is 1.43. The monoisotopic (exact) mass is 438 g/mol. The molecule has 0 saturated heterocycles. The molecule has 0 spiro atoms. The zero-order valence-electron chi connectivity index (χ0n) is 17.7. The molecule has 1 aliphatic heterocycles. The van der Waals surface area contributed by atoms with E-state index in [0.29, 0.717) is 24.2 Å². The summed E-state index contributed by atoms with van der Waals surface area (Å²) in [6.07, 6.45) is 1.49. The normalized spacial score (nSPS) is 15.1. The predicted molar refractivity (Wildman–Crippen MR) is 122 cm³/mol. The van der Waals surface area contributed by atoms with Crippen LogP contribution in [0.1, 0.15) is 25.8 Å². The number of carbonyl (C=O) groups is 1. The van der Waals surface area contributed by atoms with E-state index in [-0.39, 0.29) is 10.8 Å². The molecule has 1 aliphatic rings. The summed E-state index contributed by atoms with van der Waals surface area (Å²) in [6, 6.07) is 17.7. The fourth-order valence-corrected chi connectivity index (χ4v) is 5.96. The van der Waals surface area contributed by atoms with Crippen LogP contribution in [0.2, 0.25) is 0 Å². The van der Waals surface area contributed by atoms with Gasteiger partial charge < -0.3 is 10.1 Å². The highest BCUT2D eigenvalue weighted by atomic mass is 32.2. The number of nitrogens with one attached hydrogen (secondary N) is 1. The van der Waals surface area contributed by atoms with Crippen LogP contribution >= 0.6 is 0 Å². The summed E-state index contributed by atoms with van der Waals surface area (Å²) in [5.41, 5.74) is 1.65. The van der Waals surface area contributed by atoms with E-state index >= 15 is 0 Å². The molecule has 0 fully saturated rings. The van der Waals surface area contributed by atoms with Crippen molar-refractivity contribution in [3.8, 4) is 5.75 Å². The third-order valence-corrected chi connectivity index (χ3v) is 7.47. The molecule has 0 saturated carbocycles. The Kier molecular flexibility index (Phi) is 5.87. The molecule has 1 atom stereocenters. The Bertz CT molecular complexity index is 1220. The number of aryl methyl sites for hydroxylation is 1. The van der Waals surface area contributed by atoms with E-state index in [4.69, 9.17) is 4.74 Å². The number of anilines is 1. The van der Waals surface area contributed by atoms with E-state index in [1.54, 1.807) is 25.1 Å². The Labute approximate surface area is 182 Å². The van der Waals surface area contributed by atoms with Gasteiger partial charge in [-0.25, -0.2) is 8.42 Å². The minimum atomic E-state index is -3.77. The van der Waals surface area contributed by atoms with Gasteiger partial charge in [0.05, 0.1) is 17.2 Å². The molecule has 4 rings (SSSR count). The van der Waals surface area contributed by atoms with Gasteiger partial charge in [-0.05, 0) is 55.8 Å². The maximum Gasteiger partial charge on any atom is 0.265 e. The average molecular weight is 439 g/mol. The van der Waals surface area contributed by atoms with Gasteiger partial charge >= 0.3 is 0 Å². The summed E-state index contributed by atoms with van der Waals surface area (Å²) in [7, 11) is -3.77. The number of para-hydroxylation sites is 1. The van der Waals surface area contributed by atoms with Gasteiger partial charge in [-0.15, -0.1) is 0 Å². The van der Waals surface area contributed by atoms with Crippen molar-refractivity contribution < 1.29 is 17.9 Å². The molecule has 1 amide bonds. The maximum atomic E-state index is 13.2. The number of hydrogen-bond acceptors (Lipinski definition) is 4. The number of nitrogens with zero attached hydrogens (tertiary/aromatic N) is 1. The van der Waals surface area contributed by atoms with Crippen LogP contribution in [0, 0.1) is 0 Å². The van der Waals surface area contributed by atoms with Crippen LogP contribution in [0.15, 0.2) is 65.6 Å². The van der Waals surface area contributed by atoms with Crippen molar-refractivity contribution in [2.24, 2.45) is 0 Å². The summed E-state index contributed by atoms with van der Waals surface area (Å²) in [4.78, 5) is 13.1. The molecule has 0 bridgehead atoms. The largest absolute Gasteiger partial charge is 0.494 e. The lowest BCUT2D eigenvalue weighted by Gasteiger charge is -2.25. The van der Waals surface area contributed by atoms with Crippen molar-refractivity contribution in [2.45, 2.75) is 37.6 Å². The Morgan fingerprint density at radius 2 is 1.81 bits per heavy atom. The quantitative estimate of drug-likeness (QED) is 0.542. The number of ether oxygens (including phenoxy) is 1. The lowest BCUT2D eigenvalue weighted by atomic mass is 10.1. The molecule has 31 heavy (non-hydrogen) atoms. The molecule has 7 heteroatoms. The van der Waals surface area contributed by atoms with E-state index in [9.17, 15) is 13.2 Å². The van der Waals surface area contributed by atoms with Crippen LogP contribution < -0.4 is 14.4 Å². The molecule has 6 nitrogen and oxygen atoms in total. The smallest absolute Gasteiger partial charge is 0.265 e. The van der Waals surface area contributed by atoms with Crippen LogP contribution in [0.25, 0.3) is 10.8 Å². The van der Waals surface area contributed by atoms with Gasteiger partial charge in [0.1, 0.15) is 11.8 Å². The molecule has 162 valence electrons. The van der Waals surface area contributed by atoms with Gasteiger partial charge in [-0.3, -0.25) is 9.10 Å². The minimum Gasteiger partial charge on any atom is -0.494 e. The number of sulfonamides is 1.